The molecule has 3 fully saturated rings. The van der Waals surface area contributed by atoms with Gasteiger partial charge in [-0.1, -0.05) is 45.4 Å². The minimum atomic E-state index is 0.499. The number of rotatable bonds is 3. The average molecular weight is 293 g/mol. The molecule has 2 unspecified atom stereocenters. The third-order valence-electron chi connectivity index (χ3n) is 6.82. The minimum Gasteiger partial charge on any atom is -0.311 e. The van der Waals surface area contributed by atoms with Gasteiger partial charge in [0.1, 0.15) is 0 Å². The quantitative estimate of drug-likeness (QED) is 0.832. The van der Waals surface area contributed by atoms with E-state index in [4.69, 9.17) is 0 Å². The summed E-state index contributed by atoms with van der Waals surface area (Å²) in [6.45, 7) is 7.43. The predicted molar refractivity (Wildman–Crippen MR) is 90.6 cm³/mol. The highest BCUT2D eigenvalue weighted by Gasteiger charge is 2.45. The summed E-state index contributed by atoms with van der Waals surface area (Å²) in [6, 6.07) is 1.53. The van der Waals surface area contributed by atoms with Crippen LogP contribution in [0, 0.1) is 5.92 Å². The molecule has 0 amide bonds. The van der Waals surface area contributed by atoms with Crippen LogP contribution in [0.5, 0.6) is 0 Å². The smallest absolute Gasteiger partial charge is 0.0337 e. The highest BCUT2D eigenvalue weighted by Crippen LogP contribution is 2.39. The highest BCUT2D eigenvalue weighted by atomic mass is 15.3. The largest absolute Gasteiger partial charge is 0.311 e. The fourth-order valence-corrected chi connectivity index (χ4v) is 5.29. The lowest BCUT2D eigenvalue weighted by Crippen LogP contribution is -2.68. The van der Waals surface area contributed by atoms with Gasteiger partial charge in [0.25, 0.3) is 0 Å². The van der Waals surface area contributed by atoms with Gasteiger partial charge in [-0.25, -0.2) is 0 Å². The van der Waals surface area contributed by atoms with Crippen LogP contribution in [0.4, 0.5) is 0 Å². The molecule has 1 saturated heterocycles. The number of piperazine rings is 1. The number of hydrogen-bond donors (Lipinski definition) is 1. The molecular formula is C19H36N2. The van der Waals surface area contributed by atoms with Crippen molar-refractivity contribution in [3.05, 3.63) is 0 Å². The SMILES string of the molecule is CCC(C)N1CC(C2CCCCC2)NCC12CCCCC2. The summed E-state index contributed by atoms with van der Waals surface area (Å²) >= 11 is 0. The molecule has 21 heavy (non-hydrogen) atoms. The summed E-state index contributed by atoms with van der Waals surface area (Å²) in [5, 5.41) is 4.02. The van der Waals surface area contributed by atoms with Crippen LogP contribution in [-0.4, -0.2) is 35.6 Å². The molecule has 0 bridgehead atoms. The van der Waals surface area contributed by atoms with Gasteiger partial charge in [-0.15, -0.1) is 0 Å². The molecule has 2 saturated carbocycles. The van der Waals surface area contributed by atoms with E-state index in [1.807, 2.05) is 0 Å². The van der Waals surface area contributed by atoms with Crippen LogP contribution in [0.1, 0.15) is 84.5 Å². The number of hydrogen-bond acceptors (Lipinski definition) is 2. The van der Waals surface area contributed by atoms with E-state index in [2.05, 4.69) is 24.1 Å². The first-order chi connectivity index (χ1) is 10.2. The van der Waals surface area contributed by atoms with Crippen LogP contribution in [0.15, 0.2) is 0 Å². The first-order valence-electron chi connectivity index (χ1n) is 9.75. The summed E-state index contributed by atoms with van der Waals surface area (Å²) in [5.74, 6) is 0.950. The van der Waals surface area contributed by atoms with Gasteiger partial charge < -0.3 is 5.32 Å². The van der Waals surface area contributed by atoms with Crippen molar-refractivity contribution in [2.24, 2.45) is 5.92 Å². The molecule has 1 heterocycles. The normalized spacial score (nSPS) is 33.1. The van der Waals surface area contributed by atoms with Gasteiger partial charge >= 0.3 is 0 Å². The summed E-state index contributed by atoms with van der Waals surface area (Å²) in [7, 11) is 0. The third-order valence-corrected chi connectivity index (χ3v) is 6.82. The van der Waals surface area contributed by atoms with Crippen LogP contribution < -0.4 is 5.32 Å². The molecule has 3 rings (SSSR count). The predicted octanol–water partition coefficient (Wildman–Crippen LogP) is 4.34. The molecule has 2 heteroatoms. The summed E-state index contributed by atoms with van der Waals surface area (Å²) in [4.78, 5) is 2.95. The monoisotopic (exact) mass is 292 g/mol. The summed E-state index contributed by atoms with van der Waals surface area (Å²) in [6.07, 6.45) is 15.9. The van der Waals surface area contributed by atoms with E-state index in [1.54, 1.807) is 0 Å². The molecule has 1 spiro atoms. The maximum Gasteiger partial charge on any atom is 0.0337 e. The van der Waals surface area contributed by atoms with E-state index >= 15 is 0 Å². The van der Waals surface area contributed by atoms with Gasteiger partial charge in [0, 0.05) is 30.7 Å². The Bertz CT molecular complexity index is 316. The lowest BCUT2D eigenvalue weighted by atomic mass is 9.75. The molecular weight excluding hydrogens is 256 g/mol. The van der Waals surface area contributed by atoms with Gasteiger partial charge in [-0.05, 0) is 44.9 Å². The molecule has 122 valence electrons. The highest BCUT2D eigenvalue weighted by molar-refractivity contribution is 5.03. The van der Waals surface area contributed by atoms with Crippen molar-refractivity contribution in [3.63, 3.8) is 0 Å². The molecule has 2 atom stereocenters. The van der Waals surface area contributed by atoms with Crippen LogP contribution in [0.25, 0.3) is 0 Å². The van der Waals surface area contributed by atoms with E-state index < -0.39 is 0 Å². The van der Waals surface area contributed by atoms with E-state index in [0.29, 0.717) is 5.54 Å². The number of nitrogens with zero attached hydrogens (tertiary/aromatic N) is 1. The van der Waals surface area contributed by atoms with Gasteiger partial charge in [0.2, 0.25) is 0 Å². The lowest BCUT2D eigenvalue weighted by Gasteiger charge is -2.55. The van der Waals surface area contributed by atoms with Crippen LogP contribution in [-0.2, 0) is 0 Å². The van der Waals surface area contributed by atoms with Gasteiger partial charge in [0.15, 0.2) is 0 Å². The Morgan fingerprint density at radius 2 is 1.71 bits per heavy atom. The Kier molecular flexibility index (Phi) is 5.27. The standard InChI is InChI=1S/C19H36N2/c1-3-16(2)21-14-18(17-10-6-4-7-11-17)20-15-19(21)12-8-5-9-13-19/h16-18,20H,3-15H2,1-2H3. The third kappa shape index (κ3) is 3.32. The maximum atomic E-state index is 4.02. The topological polar surface area (TPSA) is 15.3 Å². The van der Waals surface area contributed by atoms with Gasteiger partial charge in [0.05, 0.1) is 0 Å². The van der Waals surface area contributed by atoms with Crippen molar-refractivity contribution in [1.29, 1.82) is 0 Å². The van der Waals surface area contributed by atoms with E-state index in [0.717, 1.165) is 18.0 Å². The molecule has 0 aromatic rings. The first kappa shape index (κ1) is 15.8. The lowest BCUT2D eigenvalue weighted by molar-refractivity contribution is -0.0304. The van der Waals surface area contributed by atoms with Crippen molar-refractivity contribution in [1.82, 2.24) is 10.2 Å². The fourth-order valence-electron chi connectivity index (χ4n) is 5.29. The van der Waals surface area contributed by atoms with Crippen molar-refractivity contribution < 1.29 is 0 Å². The van der Waals surface area contributed by atoms with Crippen molar-refractivity contribution in [3.8, 4) is 0 Å². The molecule has 0 aromatic heterocycles. The van der Waals surface area contributed by atoms with Gasteiger partial charge in [-0.2, -0.15) is 0 Å². The molecule has 0 radical (unpaired) electrons. The second kappa shape index (κ2) is 7.00. The molecule has 0 aromatic carbocycles. The zero-order chi connectivity index (χ0) is 14.7. The Morgan fingerprint density at radius 3 is 2.38 bits per heavy atom. The van der Waals surface area contributed by atoms with E-state index in [-0.39, 0.29) is 0 Å². The second-order valence-electron chi connectivity index (χ2n) is 8.08. The molecule has 3 aliphatic rings. The van der Waals surface area contributed by atoms with Crippen LogP contribution in [0.2, 0.25) is 0 Å². The average Bonchev–Trinajstić information content (AvgIpc) is 2.56. The summed E-state index contributed by atoms with van der Waals surface area (Å²) < 4.78 is 0. The van der Waals surface area contributed by atoms with Crippen LogP contribution >= 0.6 is 0 Å². The van der Waals surface area contributed by atoms with Crippen molar-refractivity contribution in [2.75, 3.05) is 13.1 Å². The summed E-state index contributed by atoms with van der Waals surface area (Å²) in [5.41, 5.74) is 0.499. The molecule has 2 nitrogen and oxygen atoms in total. The minimum absolute atomic E-state index is 0.499. The number of nitrogens with one attached hydrogen (secondary N) is 1. The Hall–Kier alpha value is -0.0800. The second-order valence-corrected chi connectivity index (χ2v) is 8.08. The van der Waals surface area contributed by atoms with Crippen molar-refractivity contribution in [2.45, 2.75) is 102 Å². The Balaban J connectivity index is 1.70. The van der Waals surface area contributed by atoms with Crippen molar-refractivity contribution >= 4 is 0 Å². The zero-order valence-corrected chi connectivity index (χ0v) is 14.4. The molecule has 1 N–H and O–H groups in total. The van der Waals surface area contributed by atoms with E-state index in [9.17, 15) is 0 Å². The Morgan fingerprint density at radius 1 is 1.05 bits per heavy atom. The zero-order valence-electron chi connectivity index (χ0n) is 14.4. The fraction of sp³-hybridized carbons (Fsp3) is 1.00. The Labute approximate surface area is 132 Å². The van der Waals surface area contributed by atoms with E-state index in [1.165, 1.54) is 83.7 Å². The van der Waals surface area contributed by atoms with Gasteiger partial charge in [-0.3, -0.25) is 4.90 Å². The maximum absolute atomic E-state index is 4.02. The molecule has 2 aliphatic carbocycles. The first-order valence-corrected chi connectivity index (χ1v) is 9.75. The van der Waals surface area contributed by atoms with Crippen LogP contribution in [0.3, 0.4) is 0 Å². The molecule has 1 aliphatic heterocycles.